The van der Waals surface area contributed by atoms with Crippen molar-refractivity contribution in [3.63, 3.8) is 0 Å². The molecule has 0 saturated heterocycles. The maximum Gasteiger partial charge on any atom is 0.118 e. The molecule has 2 nitrogen and oxygen atoms in total. The van der Waals surface area contributed by atoms with E-state index in [2.05, 4.69) is 0 Å². The lowest BCUT2D eigenvalue weighted by atomic mass is 10.1. The van der Waals surface area contributed by atoms with E-state index in [0.717, 1.165) is 31.4 Å². The number of halogens is 1. The average molecular weight is 246 g/mol. The van der Waals surface area contributed by atoms with Gasteiger partial charge in [0, 0.05) is 0 Å². The first-order valence-corrected chi connectivity index (χ1v) is 4.31. The molecule has 1 aromatic carbocycles. The minimum Gasteiger partial charge on any atom is -0.508 e. The number of hydrogen-bond donors (Lipinski definition) is 2. The number of aryl methyl sites for hydroxylation is 1. The zero-order valence-corrected chi connectivity index (χ0v) is 9.28. The molecule has 0 heterocycles. The number of nitrogens with two attached hydrogens (primary N) is 1. The van der Waals surface area contributed by atoms with Crippen LogP contribution >= 0.6 is 17.0 Å². The van der Waals surface area contributed by atoms with Crippen molar-refractivity contribution in [3.8, 4) is 5.75 Å². The van der Waals surface area contributed by atoms with Gasteiger partial charge in [0.05, 0.1) is 0 Å². The number of unbranched alkanes of at least 4 members (excludes halogenated alkanes) is 1. The topological polar surface area (TPSA) is 46.2 Å². The van der Waals surface area contributed by atoms with Gasteiger partial charge in [-0.05, 0) is 37.4 Å². The molecule has 0 atom stereocenters. The highest BCUT2D eigenvalue weighted by Crippen LogP contribution is 2.17. The molecule has 3 heteroatoms. The van der Waals surface area contributed by atoms with Crippen LogP contribution in [0.1, 0.15) is 18.4 Å². The van der Waals surface area contributed by atoms with E-state index in [0.29, 0.717) is 5.75 Å². The average Bonchev–Trinajstić information content (AvgIpc) is 2.09. The SMILES string of the molecule is Br.NCCCCc1ccccc1O. The molecule has 1 rings (SSSR count). The number of para-hydroxylation sites is 1. The second kappa shape index (κ2) is 6.92. The number of rotatable bonds is 4. The second-order valence-electron chi connectivity index (χ2n) is 2.87. The summed E-state index contributed by atoms with van der Waals surface area (Å²) >= 11 is 0. The Morgan fingerprint density at radius 2 is 1.85 bits per heavy atom. The van der Waals surface area contributed by atoms with Crippen LogP contribution in [-0.4, -0.2) is 11.7 Å². The Morgan fingerprint density at radius 1 is 1.15 bits per heavy atom. The van der Waals surface area contributed by atoms with Gasteiger partial charge >= 0.3 is 0 Å². The second-order valence-corrected chi connectivity index (χ2v) is 2.87. The van der Waals surface area contributed by atoms with Gasteiger partial charge in [-0.3, -0.25) is 0 Å². The van der Waals surface area contributed by atoms with Crippen LogP contribution < -0.4 is 5.73 Å². The van der Waals surface area contributed by atoms with E-state index in [-0.39, 0.29) is 17.0 Å². The zero-order chi connectivity index (χ0) is 8.81. The molecule has 0 amide bonds. The van der Waals surface area contributed by atoms with Crippen molar-refractivity contribution in [1.82, 2.24) is 0 Å². The van der Waals surface area contributed by atoms with Crippen LogP contribution in [0.4, 0.5) is 0 Å². The van der Waals surface area contributed by atoms with Crippen molar-refractivity contribution in [2.45, 2.75) is 19.3 Å². The molecular formula is C10H16BrNO. The van der Waals surface area contributed by atoms with E-state index >= 15 is 0 Å². The molecule has 13 heavy (non-hydrogen) atoms. The Hall–Kier alpha value is -0.540. The van der Waals surface area contributed by atoms with Crippen molar-refractivity contribution >= 4 is 17.0 Å². The highest BCUT2D eigenvalue weighted by molar-refractivity contribution is 8.93. The maximum absolute atomic E-state index is 9.38. The van der Waals surface area contributed by atoms with E-state index in [9.17, 15) is 5.11 Å². The molecule has 0 spiro atoms. The van der Waals surface area contributed by atoms with Crippen LogP contribution in [0.25, 0.3) is 0 Å². The Morgan fingerprint density at radius 3 is 2.46 bits per heavy atom. The molecule has 0 aromatic heterocycles. The van der Waals surface area contributed by atoms with Crippen LogP contribution in [0.5, 0.6) is 5.75 Å². The summed E-state index contributed by atoms with van der Waals surface area (Å²) < 4.78 is 0. The van der Waals surface area contributed by atoms with Gasteiger partial charge in [0.2, 0.25) is 0 Å². The van der Waals surface area contributed by atoms with E-state index in [1.54, 1.807) is 6.07 Å². The van der Waals surface area contributed by atoms with E-state index in [1.807, 2.05) is 18.2 Å². The van der Waals surface area contributed by atoms with Crippen LogP contribution in [0.15, 0.2) is 24.3 Å². The third kappa shape index (κ3) is 4.29. The third-order valence-corrected chi connectivity index (χ3v) is 1.89. The minimum atomic E-state index is 0. The predicted octanol–water partition coefficient (Wildman–Crippen LogP) is 2.25. The summed E-state index contributed by atoms with van der Waals surface area (Å²) in [4.78, 5) is 0. The first-order chi connectivity index (χ1) is 5.84. The normalized spacial score (nSPS) is 9.31. The van der Waals surface area contributed by atoms with Crippen LogP contribution in [0, 0.1) is 0 Å². The Bertz CT molecular complexity index is 240. The van der Waals surface area contributed by atoms with Crippen molar-refractivity contribution in [1.29, 1.82) is 0 Å². The molecule has 0 unspecified atom stereocenters. The van der Waals surface area contributed by atoms with Gasteiger partial charge in [-0.1, -0.05) is 18.2 Å². The molecule has 74 valence electrons. The molecule has 0 saturated carbocycles. The fraction of sp³-hybridized carbons (Fsp3) is 0.400. The van der Waals surface area contributed by atoms with E-state index in [4.69, 9.17) is 5.73 Å². The lowest BCUT2D eigenvalue weighted by molar-refractivity contribution is 0.466. The van der Waals surface area contributed by atoms with Crippen LogP contribution in [-0.2, 0) is 6.42 Å². The van der Waals surface area contributed by atoms with Gasteiger partial charge in [0.25, 0.3) is 0 Å². The molecular weight excluding hydrogens is 230 g/mol. The summed E-state index contributed by atoms with van der Waals surface area (Å²) in [5.41, 5.74) is 6.39. The zero-order valence-electron chi connectivity index (χ0n) is 7.57. The highest BCUT2D eigenvalue weighted by Gasteiger charge is 1.97. The Labute approximate surface area is 89.5 Å². The maximum atomic E-state index is 9.38. The minimum absolute atomic E-state index is 0. The molecule has 0 fully saturated rings. The molecule has 0 bridgehead atoms. The summed E-state index contributed by atoms with van der Waals surface area (Å²) in [5.74, 6) is 0.398. The summed E-state index contributed by atoms with van der Waals surface area (Å²) in [5, 5.41) is 9.38. The van der Waals surface area contributed by atoms with E-state index < -0.39 is 0 Å². The van der Waals surface area contributed by atoms with Gasteiger partial charge < -0.3 is 10.8 Å². The number of aromatic hydroxyl groups is 1. The van der Waals surface area contributed by atoms with Gasteiger partial charge in [0.15, 0.2) is 0 Å². The lowest BCUT2D eigenvalue weighted by Gasteiger charge is -2.02. The van der Waals surface area contributed by atoms with Crippen molar-refractivity contribution in [2.24, 2.45) is 5.73 Å². The van der Waals surface area contributed by atoms with E-state index in [1.165, 1.54) is 0 Å². The van der Waals surface area contributed by atoms with Crippen LogP contribution in [0.2, 0.25) is 0 Å². The lowest BCUT2D eigenvalue weighted by Crippen LogP contribution is -1.98. The molecule has 3 N–H and O–H groups in total. The molecule has 0 aliphatic carbocycles. The molecule has 0 aliphatic heterocycles. The smallest absolute Gasteiger partial charge is 0.118 e. The largest absolute Gasteiger partial charge is 0.508 e. The standard InChI is InChI=1S/C10H15NO.BrH/c11-8-4-3-6-9-5-1-2-7-10(9)12;/h1-2,5,7,12H,3-4,6,8,11H2;1H. The van der Waals surface area contributed by atoms with Gasteiger partial charge in [-0.25, -0.2) is 0 Å². The number of phenolic OH excluding ortho intramolecular Hbond substituents is 1. The van der Waals surface area contributed by atoms with Crippen molar-refractivity contribution in [3.05, 3.63) is 29.8 Å². The highest BCUT2D eigenvalue weighted by atomic mass is 79.9. The van der Waals surface area contributed by atoms with Gasteiger partial charge in [-0.2, -0.15) is 0 Å². The fourth-order valence-corrected chi connectivity index (χ4v) is 1.18. The molecule has 0 aliphatic rings. The van der Waals surface area contributed by atoms with Crippen molar-refractivity contribution < 1.29 is 5.11 Å². The number of benzene rings is 1. The number of phenols is 1. The predicted molar refractivity (Wildman–Crippen MR) is 60.4 cm³/mol. The summed E-state index contributed by atoms with van der Waals surface area (Å²) in [6, 6.07) is 7.45. The summed E-state index contributed by atoms with van der Waals surface area (Å²) in [6.45, 7) is 0.730. The molecule has 0 radical (unpaired) electrons. The Kier molecular flexibility index (Phi) is 6.63. The van der Waals surface area contributed by atoms with Crippen molar-refractivity contribution in [2.75, 3.05) is 6.54 Å². The van der Waals surface area contributed by atoms with Gasteiger partial charge in [0.1, 0.15) is 5.75 Å². The number of hydrogen-bond acceptors (Lipinski definition) is 2. The monoisotopic (exact) mass is 245 g/mol. The third-order valence-electron chi connectivity index (χ3n) is 1.89. The van der Waals surface area contributed by atoms with Crippen LogP contribution in [0.3, 0.4) is 0 Å². The Balaban J connectivity index is 0.00000144. The first kappa shape index (κ1) is 12.5. The first-order valence-electron chi connectivity index (χ1n) is 4.31. The quantitative estimate of drug-likeness (QED) is 0.800. The fourth-order valence-electron chi connectivity index (χ4n) is 1.18. The summed E-state index contributed by atoms with van der Waals surface area (Å²) in [7, 11) is 0. The molecule has 1 aromatic rings. The summed E-state index contributed by atoms with van der Waals surface area (Å²) in [6.07, 6.45) is 2.99. The van der Waals surface area contributed by atoms with Gasteiger partial charge in [-0.15, -0.1) is 17.0 Å².